The van der Waals surface area contributed by atoms with Gasteiger partial charge in [-0.25, -0.2) is 8.42 Å². The number of ether oxygens (including phenoxy) is 1. The number of carbonyl (C=O) groups excluding carboxylic acids is 1. The van der Waals surface area contributed by atoms with Gasteiger partial charge in [-0.05, 0) is 0 Å². The number of allylic oxidation sites excluding steroid dienone is 2. The fourth-order valence-electron chi connectivity index (χ4n) is 2.65. The van der Waals surface area contributed by atoms with Crippen LogP contribution in [-0.4, -0.2) is 51.9 Å². The summed E-state index contributed by atoms with van der Waals surface area (Å²) in [7, 11) is -2.31. The summed E-state index contributed by atoms with van der Waals surface area (Å²) in [6.07, 6.45) is 7.85. The Balaban J connectivity index is 0.000000440. The van der Waals surface area contributed by atoms with E-state index >= 15 is 0 Å². The summed E-state index contributed by atoms with van der Waals surface area (Å²) in [5.74, 6) is 0.868. The molecule has 3 rings (SSSR count). The third-order valence-electron chi connectivity index (χ3n) is 4.31. The number of para-hydroxylation sites is 1. The third-order valence-corrected chi connectivity index (χ3v) is 8.26. The average Bonchev–Trinajstić information content (AvgIpc) is 3.08. The van der Waals surface area contributed by atoms with Gasteiger partial charge in [-0.3, -0.25) is 0 Å². The van der Waals surface area contributed by atoms with Crippen LogP contribution in [0.25, 0.3) is 15.0 Å². The van der Waals surface area contributed by atoms with Gasteiger partial charge < -0.3 is 4.55 Å². The molecule has 0 saturated carbocycles. The smallest absolute Gasteiger partial charge is 0.485 e. The number of aromatic nitrogens is 1. The molecule has 3 aromatic rings. The molecule has 0 radical (unpaired) electrons. The normalized spacial score (nSPS) is 12.1. The maximum Gasteiger partial charge on any atom is 0.485 e. The first kappa shape index (κ1) is 27.6. The number of anilines is 1. The first-order valence-electron chi connectivity index (χ1n) is 9.53. The molecular formula is C22H21F3N2O5STe. The molecule has 0 N–H and O–H groups in total. The van der Waals surface area contributed by atoms with Gasteiger partial charge in [-0.1, -0.05) is 0 Å². The van der Waals surface area contributed by atoms with Crippen LogP contribution in [-0.2, 0) is 22.0 Å². The largest absolute Gasteiger partial charge is 0.741 e. The molecule has 0 unspecified atom stereocenters. The number of methoxy groups -OCH3 is 1. The molecule has 7 nitrogen and oxygen atoms in total. The number of rotatable bonds is 5. The van der Waals surface area contributed by atoms with Crippen LogP contribution < -0.4 is 14.2 Å². The topological polar surface area (TPSA) is 90.6 Å². The minimum atomic E-state index is -6.09. The molecule has 1 aromatic heterocycles. The van der Waals surface area contributed by atoms with Crippen molar-refractivity contribution in [2.75, 3.05) is 12.0 Å². The van der Waals surface area contributed by atoms with Crippen LogP contribution in [0.3, 0.4) is 0 Å². The van der Waals surface area contributed by atoms with Crippen molar-refractivity contribution in [1.29, 1.82) is 0 Å². The summed E-state index contributed by atoms with van der Waals surface area (Å²) in [6.45, 7) is 1.57. The molecule has 0 atom stereocenters. The average molecular weight is 610 g/mol. The SMILES string of the molecule is COc1ccc2[te]c(C=CC=CN(C(C)=O)c3ccccc3)[n+](C)c2c1.O=S(=O)([O-])C(F)(F)F. The number of amides is 1. The van der Waals surface area contributed by atoms with E-state index in [1.165, 1.54) is 12.6 Å². The molecule has 0 saturated heterocycles. The number of fused-ring (bicyclic) bond motifs is 1. The molecule has 1 heterocycles. The Hall–Kier alpha value is -2.65. The fraction of sp³-hybridized carbons (Fsp3) is 0.182. The number of hydrogen-bond donors (Lipinski definition) is 0. The van der Waals surface area contributed by atoms with Crippen molar-refractivity contribution in [2.45, 2.75) is 12.4 Å². The zero-order chi connectivity index (χ0) is 25.5. The van der Waals surface area contributed by atoms with Crippen LogP contribution in [0.15, 0.2) is 66.9 Å². The number of benzene rings is 2. The molecule has 34 heavy (non-hydrogen) atoms. The summed E-state index contributed by atoms with van der Waals surface area (Å²) < 4.78 is 69.2. The van der Waals surface area contributed by atoms with E-state index in [4.69, 9.17) is 17.7 Å². The second-order valence-electron chi connectivity index (χ2n) is 6.66. The first-order chi connectivity index (χ1) is 15.8. The standard InChI is InChI=1S/C21H21N2O2Te.CHF3O3S/c1-16(24)23(17-9-5-4-6-10-17)14-8-7-11-21-22(2)19-15-18(25-3)12-13-20(19)26-21;2-1(3,4)8(5,6)7/h4-15H,1-3H3;(H,5,6,7)/q+1;/p-1. The zero-order valence-corrected chi connectivity index (χ0v) is 21.5. The number of carbonyl (C=O) groups is 1. The Labute approximate surface area is 204 Å². The van der Waals surface area contributed by atoms with Crippen LogP contribution in [0.1, 0.15) is 10.6 Å². The predicted molar refractivity (Wildman–Crippen MR) is 122 cm³/mol. The van der Waals surface area contributed by atoms with Gasteiger partial charge in [0, 0.05) is 0 Å². The molecule has 0 spiro atoms. The quantitative estimate of drug-likeness (QED) is 0.146. The summed E-state index contributed by atoms with van der Waals surface area (Å²) in [5, 5.41) is 0. The Morgan fingerprint density at radius 2 is 1.76 bits per heavy atom. The number of halogens is 3. The molecule has 0 aliphatic rings. The van der Waals surface area contributed by atoms with Gasteiger partial charge in [0.2, 0.25) is 0 Å². The van der Waals surface area contributed by atoms with Crippen LogP contribution in [0, 0.1) is 0 Å². The molecule has 0 bridgehead atoms. The summed E-state index contributed by atoms with van der Waals surface area (Å²) >= 11 is -0.405. The molecule has 0 fully saturated rings. The van der Waals surface area contributed by atoms with E-state index in [9.17, 15) is 18.0 Å². The number of aryl methyl sites for hydroxylation is 1. The number of hydrogen-bond acceptors (Lipinski definition) is 5. The summed E-state index contributed by atoms with van der Waals surface area (Å²) in [4.78, 5) is 13.5. The van der Waals surface area contributed by atoms with Crippen molar-refractivity contribution in [3.05, 3.63) is 70.6 Å². The molecule has 12 heteroatoms. The minimum Gasteiger partial charge on any atom is -0.741 e. The van der Waals surface area contributed by atoms with E-state index in [2.05, 4.69) is 29.8 Å². The maximum absolute atomic E-state index is 11.9. The molecule has 2 aromatic carbocycles. The van der Waals surface area contributed by atoms with Crippen molar-refractivity contribution in [3.63, 3.8) is 0 Å². The monoisotopic (exact) mass is 612 g/mol. The van der Waals surface area contributed by atoms with Crippen molar-refractivity contribution in [1.82, 2.24) is 0 Å². The van der Waals surface area contributed by atoms with E-state index < -0.39 is 36.1 Å². The van der Waals surface area contributed by atoms with Crippen LogP contribution >= 0.6 is 0 Å². The molecule has 0 aliphatic carbocycles. The van der Waals surface area contributed by atoms with Gasteiger partial charge in [0.25, 0.3) is 0 Å². The number of nitrogens with zero attached hydrogens (tertiary/aromatic N) is 2. The van der Waals surface area contributed by atoms with Crippen LogP contribution in [0.4, 0.5) is 18.9 Å². The van der Waals surface area contributed by atoms with Gasteiger partial charge in [0.05, 0.1) is 0 Å². The molecular weight excluding hydrogens is 589 g/mol. The Morgan fingerprint density at radius 1 is 1.15 bits per heavy atom. The molecule has 182 valence electrons. The zero-order valence-electron chi connectivity index (χ0n) is 18.3. The first-order valence-corrected chi connectivity index (χ1v) is 13.3. The predicted octanol–water partition coefficient (Wildman–Crippen LogP) is 3.36. The second kappa shape index (κ2) is 11.7. The van der Waals surface area contributed by atoms with Crippen LogP contribution in [0.5, 0.6) is 5.75 Å². The van der Waals surface area contributed by atoms with Gasteiger partial charge in [0.15, 0.2) is 10.1 Å². The molecule has 1 amide bonds. The number of alkyl halides is 3. The van der Waals surface area contributed by atoms with Crippen LogP contribution in [0.2, 0.25) is 0 Å². The summed E-state index contributed by atoms with van der Waals surface area (Å²) in [6, 6.07) is 15.9. The van der Waals surface area contributed by atoms with E-state index in [0.717, 1.165) is 11.4 Å². The van der Waals surface area contributed by atoms with E-state index in [1.54, 1.807) is 25.1 Å². The van der Waals surface area contributed by atoms with Gasteiger partial charge >= 0.3 is 169 Å². The maximum atomic E-state index is 11.9. The summed E-state index contributed by atoms with van der Waals surface area (Å²) in [5.41, 5.74) is -3.55. The van der Waals surface area contributed by atoms with Crippen molar-refractivity contribution in [2.24, 2.45) is 7.05 Å². The fourth-order valence-corrected chi connectivity index (χ4v) is 5.63. The Kier molecular flexibility index (Phi) is 9.46. The van der Waals surface area contributed by atoms with E-state index in [0.29, 0.717) is 0 Å². The van der Waals surface area contributed by atoms with Gasteiger partial charge in [-0.2, -0.15) is 13.2 Å². The van der Waals surface area contributed by atoms with E-state index in [1.807, 2.05) is 48.6 Å². The van der Waals surface area contributed by atoms with Gasteiger partial charge in [0.1, 0.15) is 0 Å². The minimum absolute atomic E-state index is 0.0141. The van der Waals surface area contributed by atoms with Crippen molar-refractivity contribution < 1.29 is 40.2 Å². The Morgan fingerprint density at radius 3 is 2.29 bits per heavy atom. The Bertz CT molecular complexity index is 1300. The second-order valence-corrected chi connectivity index (χ2v) is 11.1. The molecule has 0 aliphatic heterocycles. The van der Waals surface area contributed by atoms with Crippen molar-refractivity contribution >= 4 is 57.1 Å². The third kappa shape index (κ3) is 7.43. The van der Waals surface area contributed by atoms with Gasteiger partial charge in [-0.15, -0.1) is 0 Å². The van der Waals surface area contributed by atoms with E-state index in [-0.39, 0.29) is 5.91 Å². The van der Waals surface area contributed by atoms with Crippen molar-refractivity contribution in [3.8, 4) is 5.75 Å².